The zero-order valence-electron chi connectivity index (χ0n) is 12.8. The van der Waals surface area contributed by atoms with Gasteiger partial charge in [0.05, 0.1) is 17.8 Å². The van der Waals surface area contributed by atoms with Gasteiger partial charge in [-0.15, -0.1) is 11.8 Å². The Bertz CT molecular complexity index is 703. The number of rotatable bonds is 6. The highest BCUT2D eigenvalue weighted by atomic mass is 32.2. The standard InChI is InChI=1S/C16H16N2O4S/c1-17(12-6-8-13(9-7-12)18(20)21)16(19)11-23-15-5-3-4-14(10-15)22-2/h3-10H,11H2,1-2H3. The van der Waals surface area contributed by atoms with Gasteiger partial charge in [0, 0.05) is 29.8 Å². The molecule has 2 aromatic rings. The highest BCUT2D eigenvalue weighted by molar-refractivity contribution is 8.00. The van der Waals surface area contributed by atoms with Crippen molar-refractivity contribution in [3.63, 3.8) is 0 Å². The van der Waals surface area contributed by atoms with Gasteiger partial charge in [-0.25, -0.2) is 0 Å². The molecule has 1 amide bonds. The van der Waals surface area contributed by atoms with Crippen molar-refractivity contribution in [3.8, 4) is 5.75 Å². The molecule has 23 heavy (non-hydrogen) atoms. The van der Waals surface area contributed by atoms with Crippen molar-refractivity contribution < 1.29 is 14.5 Å². The van der Waals surface area contributed by atoms with Crippen LogP contribution in [-0.2, 0) is 4.79 Å². The Morgan fingerprint density at radius 1 is 1.26 bits per heavy atom. The smallest absolute Gasteiger partial charge is 0.269 e. The maximum Gasteiger partial charge on any atom is 0.269 e. The van der Waals surface area contributed by atoms with Gasteiger partial charge in [0.1, 0.15) is 5.75 Å². The Morgan fingerprint density at radius 2 is 1.96 bits per heavy atom. The first-order chi connectivity index (χ1) is 11.0. The summed E-state index contributed by atoms with van der Waals surface area (Å²) in [6, 6.07) is 13.4. The van der Waals surface area contributed by atoms with Crippen molar-refractivity contribution in [1.29, 1.82) is 0 Å². The second-order valence-electron chi connectivity index (χ2n) is 4.69. The molecule has 0 saturated heterocycles. The van der Waals surface area contributed by atoms with E-state index in [4.69, 9.17) is 4.74 Å². The molecule has 0 spiro atoms. The Morgan fingerprint density at radius 3 is 2.57 bits per heavy atom. The van der Waals surface area contributed by atoms with E-state index >= 15 is 0 Å². The molecule has 120 valence electrons. The predicted octanol–water partition coefficient (Wildman–Crippen LogP) is 3.36. The molecule has 0 radical (unpaired) electrons. The minimum atomic E-state index is -0.468. The summed E-state index contributed by atoms with van der Waals surface area (Å²) in [5.41, 5.74) is 0.618. The van der Waals surface area contributed by atoms with Gasteiger partial charge in [0.15, 0.2) is 0 Å². The minimum absolute atomic E-state index is 0.000328. The first-order valence-electron chi connectivity index (χ1n) is 6.79. The van der Waals surface area contributed by atoms with E-state index in [0.717, 1.165) is 10.6 Å². The van der Waals surface area contributed by atoms with Crippen LogP contribution in [0, 0.1) is 10.1 Å². The number of ether oxygens (including phenoxy) is 1. The SMILES string of the molecule is COc1cccc(SCC(=O)N(C)c2ccc([N+](=O)[O-])cc2)c1. The van der Waals surface area contributed by atoms with E-state index in [1.165, 1.54) is 28.8 Å². The molecule has 0 atom stereocenters. The van der Waals surface area contributed by atoms with E-state index in [1.807, 2.05) is 24.3 Å². The number of nitro benzene ring substituents is 1. The van der Waals surface area contributed by atoms with Crippen LogP contribution in [0.2, 0.25) is 0 Å². The number of carbonyl (C=O) groups is 1. The number of carbonyl (C=O) groups excluding carboxylic acids is 1. The summed E-state index contributed by atoms with van der Waals surface area (Å²) >= 11 is 1.41. The lowest BCUT2D eigenvalue weighted by atomic mass is 10.2. The molecule has 7 heteroatoms. The van der Waals surface area contributed by atoms with E-state index in [2.05, 4.69) is 0 Å². The molecule has 0 aliphatic heterocycles. The van der Waals surface area contributed by atoms with Crippen LogP contribution in [-0.4, -0.2) is 30.7 Å². The van der Waals surface area contributed by atoms with Crippen LogP contribution in [0.4, 0.5) is 11.4 Å². The number of anilines is 1. The van der Waals surface area contributed by atoms with E-state index in [-0.39, 0.29) is 17.3 Å². The fourth-order valence-electron chi connectivity index (χ4n) is 1.87. The summed E-state index contributed by atoms with van der Waals surface area (Å²) in [6.45, 7) is 0. The zero-order chi connectivity index (χ0) is 16.8. The Balaban J connectivity index is 1.97. The first-order valence-corrected chi connectivity index (χ1v) is 7.77. The fraction of sp³-hybridized carbons (Fsp3) is 0.188. The van der Waals surface area contributed by atoms with Gasteiger partial charge in [-0.1, -0.05) is 6.07 Å². The molecule has 2 rings (SSSR count). The van der Waals surface area contributed by atoms with Crippen molar-refractivity contribution in [3.05, 3.63) is 58.6 Å². The topological polar surface area (TPSA) is 72.7 Å². The first kappa shape index (κ1) is 16.8. The number of hydrogen-bond donors (Lipinski definition) is 0. The van der Waals surface area contributed by atoms with Crippen molar-refractivity contribution in [2.45, 2.75) is 4.90 Å². The number of methoxy groups -OCH3 is 1. The highest BCUT2D eigenvalue weighted by Crippen LogP contribution is 2.24. The predicted molar refractivity (Wildman–Crippen MR) is 90.2 cm³/mol. The lowest BCUT2D eigenvalue weighted by molar-refractivity contribution is -0.384. The van der Waals surface area contributed by atoms with Gasteiger partial charge in [0.2, 0.25) is 5.91 Å². The molecular weight excluding hydrogens is 316 g/mol. The number of nitrogens with zero attached hydrogens (tertiary/aromatic N) is 2. The summed E-state index contributed by atoms with van der Waals surface area (Å²) in [4.78, 5) is 24.8. The number of amides is 1. The van der Waals surface area contributed by atoms with Crippen LogP contribution >= 0.6 is 11.8 Å². The summed E-state index contributed by atoms with van der Waals surface area (Å²) in [7, 11) is 3.24. The van der Waals surface area contributed by atoms with Gasteiger partial charge in [-0.3, -0.25) is 14.9 Å². The molecule has 0 heterocycles. The van der Waals surface area contributed by atoms with Crippen molar-refractivity contribution in [2.75, 3.05) is 24.8 Å². The van der Waals surface area contributed by atoms with Gasteiger partial charge in [-0.2, -0.15) is 0 Å². The summed E-state index contributed by atoms with van der Waals surface area (Å²) in [5, 5.41) is 10.6. The van der Waals surface area contributed by atoms with Gasteiger partial charge < -0.3 is 9.64 Å². The molecule has 0 N–H and O–H groups in total. The molecule has 0 saturated carbocycles. The van der Waals surface area contributed by atoms with E-state index in [1.54, 1.807) is 26.3 Å². The second kappa shape index (κ2) is 7.64. The number of benzene rings is 2. The van der Waals surface area contributed by atoms with Crippen molar-refractivity contribution in [1.82, 2.24) is 0 Å². The highest BCUT2D eigenvalue weighted by Gasteiger charge is 2.13. The maximum atomic E-state index is 12.2. The molecule has 0 aliphatic carbocycles. The molecule has 6 nitrogen and oxygen atoms in total. The van der Waals surface area contributed by atoms with E-state index < -0.39 is 4.92 Å². The molecular formula is C16H16N2O4S. The van der Waals surface area contributed by atoms with Gasteiger partial charge in [-0.05, 0) is 30.3 Å². The summed E-state index contributed by atoms with van der Waals surface area (Å²) < 4.78 is 5.15. The molecule has 0 unspecified atom stereocenters. The quantitative estimate of drug-likeness (QED) is 0.461. The molecule has 0 aliphatic rings. The lowest BCUT2D eigenvalue weighted by Crippen LogP contribution is -2.27. The van der Waals surface area contributed by atoms with Crippen LogP contribution in [0.25, 0.3) is 0 Å². The third-order valence-electron chi connectivity index (χ3n) is 3.23. The lowest BCUT2D eigenvalue weighted by Gasteiger charge is -2.17. The molecule has 2 aromatic carbocycles. The van der Waals surface area contributed by atoms with Crippen molar-refractivity contribution >= 4 is 29.0 Å². The van der Waals surface area contributed by atoms with Crippen molar-refractivity contribution in [2.24, 2.45) is 0 Å². The molecule has 0 aromatic heterocycles. The fourth-order valence-corrected chi connectivity index (χ4v) is 2.73. The van der Waals surface area contributed by atoms with Gasteiger partial charge in [0.25, 0.3) is 5.69 Å². The number of thioether (sulfide) groups is 1. The Hall–Kier alpha value is -2.54. The normalized spacial score (nSPS) is 10.2. The average molecular weight is 332 g/mol. The van der Waals surface area contributed by atoms with Gasteiger partial charge >= 0.3 is 0 Å². The van der Waals surface area contributed by atoms with Crippen LogP contribution in [0.15, 0.2) is 53.4 Å². The maximum absolute atomic E-state index is 12.2. The Kier molecular flexibility index (Phi) is 5.59. The van der Waals surface area contributed by atoms with Crippen LogP contribution < -0.4 is 9.64 Å². The van der Waals surface area contributed by atoms with E-state index in [0.29, 0.717) is 5.69 Å². The Labute approximate surface area is 138 Å². The zero-order valence-corrected chi connectivity index (χ0v) is 13.6. The molecule has 0 fully saturated rings. The number of nitro groups is 1. The van der Waals surface area contributed by atoms with Crippen LogP contribution in [0.1, 0.15) is 0 Å². The summed E-state index contributed by atoms with van der Waals surface area (Å²) in [5.74, 6) is 0.915. The second-order valence-corrected chi connectivity index (χ2v) is 5.74. The van der Waals surface area contributed by atoms with E-state index in [9.17, 15) is 14.9 Å². The van der Waals surface area contributed by atoms with Crippen LogP contribution in [0.5, 0.6) is 5.75 Å². The third kappa shape index (κ3) is 4.46. The van der Waals surface area contributed by atoms with Crippen LogP contribution in [0.3, 0.4) is 0 Å². The summed E-state index contributed by atoms with van der Waals surface area (Å²) in [6.07, 6.45) is 0. The monoisotopic (exact) mass is 332 g/mol. The largest absolute Gasteiger partial charge is 0.497 e. The number of non-ortho nitro benzene ring substituents is 1. The number of hydrogen-bond acceptors (Lipinski definition) is 5. The molecule has 0 bridgehead atoms. The third-order valence-corrected chi connectivity index (χ3v) is 4.20. The average Bonchev–Trinajstić information content (AvgIpc) is 2.59. The minimum Gasteiger partial charge on any atom is -0.497 e.